The molecule has 0 saturated carbocycles. The average Bonchev–Trinajstić information content (AvgIpc) is 3.00. The Morgan fingerprint density at radius 2 is 1.48 bits per heavy atom. The first-order valence-electron chi connectivity index (χ1n) is 7.38. The summed E-state index contributed by atoms with van der Waals surface area (Å²) in [6.45, 7) is 0. The van der Waals surface area contributed by atoms with Crippen LogP contribution in [0.25, 0.3) is 42.5 Å². The lowest BCUT2D eigenvalue weighted by atomic mass is 10.0. The fourth-order valence-corrected chi connectivity index (χ4v) is 4.08. The van der Waals surface area contributed by atoms with Crippen LogP contribution in [0.15, 0.2) is 67.1 Å². The number of hydrogen-bond acceptors (Lipinski definition) is 4. The Morgan fingerprint density at radius 3 is 2.48 bits per heavy atom. The van der Waals surface area contributed by atoms with Crippen molar-refractivity contribution in [3.05, 3.63) is 67.1 Å². The third-order valence-electron chi connectivity index (χ3n) is 4.06. The SMILES string of the molecule is c1ccc2c(-c3nccc4sc5ncccc5c34)nccc2c1. The van der Waals surface area contributed by atoms with Crippen molar-refractivity contribution in [1.29, 1.82) is 0 Å². The van der Waals surface area contributed by atoms with Crippen LogP contribution < -0.4 is 0 Å². The summed E-state index contributed by atoms with van der Waals surface area (Å²) in [7, 11) is 0. The van der Waals surface area contributed by atoms with Crippen molar-refractivity contribution >= 4 is 42.4 Å². The summed E-state index contributed by atoms with van der Waals surface area (Å²) >= 11 is 1.70. The van der Waals surface area contributed by atoms with Gasteiger partial charge in [0, 0.05) is 39.4 Å². The second-order valence-electron chi connectivity index (χ2n) is 5.37. The van der Waals surface area contributed by atoms with Crippen LogP contribution in [0.3, 0.4) is 0 Å². The molecule has 4 heteroatoms. The van der Waals surface area contributed by atoms with E-state index in [1.54, 1.807) is 11.3 Å². The third-order valence-corrected chi connectivity index (χ3v) is 5.14. The predicted molar refractivity (Wildman–Crippen MR) is 95.7 cm³/mol. The number of aromatic nitrogens is 3. The van der Waals surface area contributed by atoms with E-state index < -0.39 is 0 Å². The standard InChI is InChI=1S/C19H11N3S/c1-2-5-13-12(4-1)7-10-20-17(13)18-16-14-6-3-9-22-19(14)23-15(16)8-11-21-18/h1-11H. The summed E-state index contributed by atoms with van der Waals surface area (Å²) in [6, 6.07) is 16.5. The van der Waals surface area contributed by atoms with E-state index in [9.17, 15) is 0 Å². The normalized spacial score (nSPS) is 11.5. The monoisotopic (exact) mass is 313 g/mol. The van der Waals surface area contributed by atoms with Gasteiger partial charge in [0.15, 0.2) is 0 Å². The first-order valence-corrected chi connectivity index (χ1v) is 8.20. The smallest absolute Gasteiger partial charge is 0.124 e. The van der Waals surface area contributed by atoms with Gasteiger partial charge in [-0.15, -0.1) is 11.3 Å². The molecule has 3 nitrogen and oxygen atoms in total. The van der Waals surface area contributed by atoms with E-state index in [0.717, 1.165) is 32.4 Å². The van der Waals surface area contributed by atoms with Gasteiger partial charge in [-0.1, -0.05) is 24.3 Å². The number of hydrogen-bond donors (Lipinski definition) is 0. The minimum Gasteiger partial charge on any atom is -0.254 e. The van der Waals surface area contributed by atoms with E-state index >= 15 is 0 Å². The Labute approximate surface area is 136 Å². The molecule has 4 heterocycles. The van der Waals surface area contributed by atoms with Crippen LogP contribution in [0, 0.1) is 0 Å². The molecule has 5 rings (SSSR count). The van der Waals surface area contributed by atoms with Crippen LogP contribution in [0.2, 0.25) is 0 Å². The Bertz CT molecular complexity index is 1170. The van der Waals surface area contributed by atoms with Crippen molar-refractivity contribution in [2.24, 2.45) is 0 Å². The minimum atomic E-state index is 0.928. The van der Waals surface area contributed by atoms with Crippen molar-refractivity contribution < 1.29 is 0 Å². The molecule has 0 aliphatic carbocycles. The third kappa shape index (κ3) is 1.85. The molecule has 0 aliphatic heterocycles. The van der Waals surface area contributed by atoms with Crippen molar-refractivity contribution in [1.82, 2.24) is 15.0 Å². The fraction of sp³-hybridized carbons (Fsp3) is 0. The maximum atomic E-state index is 4.67. The van der Waals surface area contributed by atoms with Gasteiger partial charge >= 0.3 is 0 Å². The van der Waals surface area contributed by atoms with Crippen LogP contribution in [-0.2, 0) is 0 Å². The van der Waals surface area contributed by atoms with Gasteiger partial charge in [0.1, 0.15) is 4.83 Å². The second-order valence-corrected chi connectivity index (χ2v) is 6.40. The van der Waals surface area contributed by atoms with Gasteiger partial charge in [-0.2, -0.15) is 0 Å². The highest BCUT2D eigenvalue weighted by molar-refractivity contribution is 7.25. The largest absolute Gasteiger partial charge is 0.254 e. The lowest BCUT2D eigenvalue weighted by Gasteiger charge is -2.06. The molecule has 0 amide bonds. The van der Waals surface area contributed by atoms with Crippen LogP contribution >= 0.6 is 11.3 Å². The zero-order chi connectivity index (χ0) is 15.2. The number of benzene rings is 1. The molecule has 0 spiro atoms. The fourth-order valence-electron chi connectivity index (χ4n) is 3.04. The van der Waals surface area contributed by atoms with Crippen molar-refractivity contribution in [2.45, 2.75) is 0 Å². The molecule has 0 radical (unpaired) electrons. The summed E-state index contributed by atoms with van der Waals surface area (Å²) < 4.78 is 1.19. The minimum absolute atomic E-state index is 0.928. The summed E-state index contributed by atoms with van der Waals surface area (Å²) in [5.74, 6) is 0. The Hall–Kier alpha value is -2.85. The van der Waals surface area contributed by atoms with Crippen LogP contribution in [0.5, 0.6) is 0 Å². The topological polar surface area (TPSA) is 38.7 Å². The molecule has 0 N–H and O–H groups in total. The highest BCUT2D eigenvalue weighted by atomic mass is 32.1. The Kier molecular flexibility index (Phi) is 2.66. The molecule has 1 aromatic carbocycles. The van der Waals surface area contributed by atoms with Gasteiger partial charge in [0.2, 0.25) is 0 Å². The Morgan fingerprint density at radius 1 is 0.652 bits per heavy atom. The van der Waals surface area contributed by atoms with Gasteiger partial charge in [0.05, 0.1) is 11.4 Å². The molecule has 0 fully saturated rings. The van der Waals surface area contributed by atoms with Crippen LogP contribution in [-0.4, -0.2) is 15.0 Å². The molecular formula is C19H11N3S. The molecular weight excluding hydrogens is 302 g/mol. The van der Waals surface area contributed by atoms with Gasteiger partial charge in [0.25, 0.3) is 0 Å². The number of thiophene rings is 1. The zero-order valence-electron chi connectivity index (χ0n) is 12.1. The van der Waals surface area contributed by atoms with Gasteiger partial charge < -0.3 is 0 Å². The lowest BCUT2D eigenvalue weighted by Crippen LogP contribution is -1.89. The molecule has 23 heavy (non-hydrogen) atoms. The van der Waals surface area contributed by atoms with Gasteiger partial charge in [-0.3, -0.25) is 9.97 Å². The van der Waals surface area contributed by atoms with E-state index in [-0.39, 0.29) is 0 Å². The first-order chi connectivity index (χ1) is 11.4. The number of rotatable bonds is 1. The molecule has 0 unspecified atom stereocenters. The molecule has 0 bridgehead atoms. The van der Waals surface area contributed by atoms with Crippen molar-refractivity contribution in [3.8, 4) is 11.4 Å². The van der Waals surface area contributed by atoms with Gasteiger partial charge in [-0.05, 0) is 29.7 Å². The first kappa shape index (κ1) is 12.7. The number of pyridine rings is 3. The molecule has 0 aliphatic rings. The van der Waals surface area contributed by atoms with E-state index in [1.165, 1.54) is 10.1 Å². The molecule has 0 saturated heterocycles. The molecule has 5 aromatic rings. The summed E-state index contributed by atoms with van der Waals surface area (Å²) in [4.78, 5) is 14.8. The number of nitrogens with zero attached hydrogens (tertiary/aromatic N) is 3. The van der Waals surface area contributed by atoms with Crippen LogP contribution in [0.4, 0.5) is 0 Å². The van der Waals surface area contributed by atoms with E-state index in [2.05, 4.69) is 39.2 Å². The van der Waals surface area contributed by atoms with Crippen LogP contribution in [0.1, 0.15) is 0 Å². The Balaban J connectivity index is 1.96. The highest BCUT2D eigenvalue weighted by Crippen LogP contribution is 2.38. The molecule has 0 atom stereocenters. The molecule has 108 valence electrons. The number of fused-ring (bicyclic) bond motifs is 4. The van der Waals surface area contributed by atoms with E-state index in [1.807, 2.05) is 42.9 Å². The summed E-state index contributed by atoms with van der Waals surface area (Å²) in [5.41, 5.74) is 1.86. The lowest BCUT2D eigenvalue weighted by molar-refractivity contribution is 1.29. The quantitative estimate of drug-likeness (QED) is 0.434. The highest BCUT2D eigenvalue weighted by Gasteiger charge is 2.15. The van der Waals surface area contributed by atoms with E-state index in [0.29, 0.717) is 0 Å². The summed E-state index contributed by atoms with van der Waals surface area (Å²) in [6.07, 6.45) is 5.54. The predicted octanol–water partition coefficient (Wildman–Crippen LogP) is 5.06. The van der Waals surface area contributed by atoms with E-state index in [4.69, 9.17) is 0 Å². The second kappa shape index (κ2) is 4.83. The molecule has 4 aromatic heterocycles. The average molecular weight is 313 g/mol. The maximum absolute atomic E-state index is 4.67. The van der Waals surface area contributed by atoms with Crippen molar-refractivity contribution in [3.63, 3.8) is 0 Å². The van der Waals surface area contributed by atoms with Gasteiger partial charge in [-0.25, -0.2) is 4.98 Å². The summed E-state index contributed by atoms with van der Waals surface area (Å²) in [5, 5.41) is 4.59. The maximum Gasteiger partial charge on any atom is 0.124 e. The zero-order valence-corrected chi connectivity index (χ0v) is 12.9. The van der Waals surface area contributed by atoms with Crippen molar-refractivity contribution in [2.75, 3.05) is 0 Å².